The number of primary amides is 1. The van der Waals surface area contributed by atoms with E-state index in [0.717, 1.165) is 45.1 Å². The molecule has 12 nitrogen and oxygen atoms in total. The van der Waals surface area contributed by atoms with Crippen LogP contribution in [0.5, 0.6) is 0 Å². The summed E-state index contributed by atoms with van der Waals surface area (Å²) in [6.45, 7) is 26.4. The predicted octanol–water partition coefficient (Wildman–Crippen LogP) is 5.30. The molecule has 0 aromatic heterocycles. The van der Waals surface area contributed by atoms with E-state index in [4.69, 9.17) is 15.3 Å². The predicted molar refractivity (Wildman–Crippen MR) is 193 cm³/mol. The molecule has 12 heteroatoms. The van der Waals surface area contributed by atoms with Gasteiger partial charge in [-0.3, -0.25) is 24.1 Å². The molecule has 5 N–H and O–H groups in total. The number of nitrogens with one attached hydrogen (secondary N) is 3. The molecular formula is C36H71N5O7. The van der Waals surface area contributed by atoms with Gasteiger partial charge in [0, 0.05) is 26.4 Å². The number of urea groups is 1. The molecule has 0 bridgehead atoms. The van der Waals surface area contributed by atoms with Crippen molar-refractivity contribution in [3.63, 3.8) is 0 Å². The molecule has 1 unspecified atom stereocenters. The van der Waals surface area contributed by atoms with E-state index in [0.29, 0.717) is 24.8 Å². The van der Waals surface area contributed by atoms with Crippen LogP contribution in [-0.4, -0.2) is 85.7 Å². The van der Waals surface area contributed by atoms with Crippen LogP contribution in [0.2, 0.25) is 0 Å². The molecule has 0 saturated carbocycles. The maximum Gasteiger partial charge on any atom is 0.312 e. The van der Waals surface area contributed by atoms with Gasteiger partial charge in [0.1, 0.15) is 6.79 Å². The highest BCUT2D eigenvalue weighted by molar-refractivity contribution is 6.38. The average molecular weight is 686 g/mol. The Morgan fingerprint density at radius 3 is 1.94 bits per heavy atom. The molecule has 0 radical (unpaired) electrons. The number of likely N-dealkylation sites (tertiary alicyclic amines) is 1. The summed E-state index contributed by atoms with van der Waals surface area (Å²) in [6, 6.07) is -2.06. The quantitative estimate of drug-likeness (QED) is 0.200. The van der Waals surface area contributed by atoms with Crippen molar-refractivity contribution in [1.29, 1.82) is 0 Å². The van der Waals surface area contributed by atoms with E-state index in [9.17, 15) is 24.0 Å². The minimum absolute atomic E-state index is 0.214. The van der Waals surface area contributed by atoms with Crippen LogP contribution in [-0.2, 0) is 28.7 Å². The summed E-state index contributed by atoms with van der Waals surface area (Å²) >= 11 is 0. The van der Waals surface area contributed by atoms with Gasteiger partial charge in [-0.1, -0.05) is 94.9 Å². The zero-order valence-electron chi connectivity index (χ0n) is 32.2. The Hall–Kier alpha value is -2.86. The van der Waals surface area contributed by atoms with Crippen LogP contribution in [0.3, 0.4) is 0 Å². The van der Waals surface area contributed by atoms with Crippen molar-refractivity contribution in [3.05, 3.63) is 0 Å². The van der Waals surface area contributed by atoms with Gasteiger partial charge in [0.05, 0.1) is 31.5 Å². The number of nitrogens with zero attached hydrogens (tertiary/aromatic N) is 1. The smallest absolute Gasteiger partial charge is 0.312 e. The maximum absolute atomic E-state index is 12.8. The molecule has 0 aromatic rings. The molecule has 48 heavy (non-hydrogen) atoms. The summed E-state index contributed by atoms with van der Waals surface area (Å²) in [7, 11) is 0. The van der Waals surface area contributed by atoms with Crippen molar-refractivity contribution < 1.29 is 33.5 Å². The third-order valence-corrected chi connectivity index (χ3v) is 7.61. The van der Waals surface area contributed by atoms with E-state index in [1.807, 2.05) is 39.4 Å². The number of ether oxygens (including phenoxy) is 1. The molecule has 2 saturated heterocycles. The van der Waals surface area contributed by atoms with Crippen LogP contribution < -0.4 is 21.7 Å². The first-order valence-corrected chi connectivity index (χ1v) is 17.6. The number of hydrogen-bond donors (Lipinski definition) is 4. The second-order valence-corrected chi connectivity index (χ2v) is 14.4. The van der Waals surface area contributed by atoms with Gasteiger partial charge in [0.15, 0.2) is 5.78 Å². The Morgan fingerprint density at radius 2 is 1.56 bits per heavy atom. The summed E-state index contributed by atoms with van der Waals surface area (Å²) in [5.74, 6) is -1.14. The Balaban J connectivity index is -0.000000910. The van der Waals surface area contributed by atoms with Crippen LogP contribution in [0.4, 0.5) is 4.79 Å². The highest BCUT2D eigenvalue weighted by atomic mass is 16.5. The number of rotatable bonds is 12. The Labute approximate surface area is 291 Å². The third kappa shape index (κ3) is 26.1. The topological polar surface area (TPSA) is 177 Å². The lowest BCUT2D eigenvalue weighted by Gasteiger charge is -2.32. The van der Waals surface area contributed by atoms with Gasteiger partial charge in [-0.2, -0.15) is 0 Å². The first-order chi connectivity index (χ1) is 22.3. The first kappa shape index (κ1) is 49.5. The fourth-order valence-electron chi connectivity index (χ4n) is 4.16. The normalized spacial score (nSPS) is 17.1. The van der Waals surface area contributed by atoms with Crippen molar-refractivity contribution in [1.82, 2.24) is 20.9 Å². The lowest BCUT2D eigenvalue weighted by Crippen LogP contribution is -2.52. The number of carbonyl (C=O) groups excluding carboxylic acids is 6. The molecule has 0 spiro atoms. The average Bonchev–Trinajstić information content (AvgIpc) is 3.48. The fourth-order valence-corrected chi connectivity index (χ4v) is 4.16. The largest absolute Gasteiger partial charge is 0.364 e. The van der Waals surface area contributed by atoms with E-state index < -0.39 is 29.7 Å². The molecule has 0 aliphatic carbocycles. The summed E-state index contributed by atoms with van der Waals surface area (Å²) in [5, 5.41) is 8.21. The number of hydrogen-bond acceptors (Lipinski definition) is 8. The van der Waals surface area contributed by atoms with Gasteiger partial charge in [-0.05, 0) is 42.9 Å². The Morgan fingerprint density at radius 1 is 1.00 bits per heavy atom. The minimum Gasteiger partial charge on any atom is -0.364 e. The standard InChI is InChI=1S/C21H38N4O5.C6H14.C5H9NO.C3H8.CH2O/c1-6-7-9-15(18(27)14(2)26)23-19(28)16-10-8-11-25(16)13-30-12-17(21(3,4)5)24-20(22)29;1-5-6(2,3)4;7-5-3-1-2-4-6-5;1-3-2;1-2/h15-17H,6-13H2,1-5H3,(H,23,28)(H3,22,24,29);5H2,1-4H3;1-4H2,(H,6,7);3H2,1-2H3;1H2/t15?,16-,17+;;;;/m0..../s1. The van der Waals surface area contributed by atoms with Gasteiger partial charge in [-0.25, -0.2) is 4.79 Å². The molecule has 4 amide bonds. The van der Waals surface area contributed by atoms with E-state index in [2.05, 4.69) is 57.5 Å². The number of amides is 4. The summed E-state index contributed by atoms with van der Waals surface area (Å²) < 4.78 is 5.80. The van der Waals surface area contributed by atoms with Crippen molar-refractivity contribution >= 4 is 36.2 Å². The highest BCUT2D eigenvalue weighted by Crippen LogP contribution is 2.21. The molecular weight excluding hydrogens is 614 g/mol. The monoisotopic (exact) mass is 686 g/mol. The number of nitrogens with two attached hydrogens (primary N) is 1. The van der Waals surface area contributed by atoms with Crippen LogP contribution in [0.15, 0.2) is 0 Å². The lowest BCUT2D eigenvalue weighted by molar-refractivity contribution is -0.138. The minimum atomic E-state index is -0.775. The molecule has 0 aromatic carbocycles. The SMILES string of the molecule is C=O.CCC.CCC(C)(C)C.CCCCC(NC(=O)[C@@H]1CCCN1COC[C@@H](NC(N)=O)C(C)(C)C)C(=O)C(C)=O.O=C1CCCCN1. The van der Waals surface area contributed by atoms with E-state index in [1.165, 1.54) is 19.8 Å². The van der Waals surface area contributed by atoms with E-state index in [-0.39, 0.29) is 36.6 Å². The Kier molecular flexibility index (Phi) is 28.9. The van der Waals surface area contributed by atoms with Crippen molar-refractivity contribution in [2.75, 3.05) is 26.4 Å². The van der Waals surface area contributed by atoms with Crippen LogP contribution in [0.25, 0.3) is 0 Å². The summed E-state index contributed by atoms with van der Waals surface area (Å²) in [4.78, 5) is 68.0. The van der Waals surface area contributed by atoms with Crippen LogP contribution in [0, 0.1) is 10.8 Å². The first-order valence-electron chi connectivity index (χ1n) is 17.6. The molecule has 2 heterocycles. The van der Waals surface area contributed by atoms with Gasteiger partial charge in [-0.15, -0.1) is 0 Å². The van der Waals surface area contributed by atoms with Gasteiger partial charge in [0.25, 0.3) is 0 Å². The van der Waals surface area contributed by atoms with E-state index in [1.54, 1.807) is 0 Å². The van der Waals surface area contributed by atoms with Crippen LogP contribution >= 0.6 is 0 Å². The lowest BCUT2D eigenvalue weighted by atomic mass is 9.87. The van der Waals surface area contributed by atoms with Gasteiger partial charge < -0.3 is 31.2 Å². The van der Waals surface area contributed by atoms with Crippen LogP contribution in [0.1, 0.15) is 140 Å². The second-order valence-electron chi connectivity index (χ2n) is 14.4. The second kappa shape index (κ2) is 28.0. The molecule has 3 atom stereocenters. The number of ketones is 2. The zero-order chi connectivity index (χ0) is 37.9. The number of piperidine rings is 1. The van der Waals surface area contributed by atoms with E-state index >= 15 is 0 Å². The van der Waals surface area contributed by atoms with Gasteiger partial charge >= 0.3 is 6.03 Å². The molecule has 2 aliphatic rings. The third-order valence-electron chi connectivity index (χ3n) is 7.61. The molecule has 2 fully saturated rings. The number of unbranched alkanes of at least 4 members (excludes halogenated alkanes) is 1. The molecule has 282 valence electrons. The summed E-state index contributed by atoms with van der Waals surface area (Å²) in [6.07, 6.45) is 9.06. The maximum atomic E-state index is 12.8. The Bertz CT molecular complexity index is 907. The van der Waals surface area contributed by atoms with Crippen molar-refractivity contribution in [2.24, 2.45) is 16.6 Å². The molecule has 2 rings (SSSR count). The summed E-state index contributed by atoms with van der Waals surface area (Å²) in [5.41, 5.74) is 5.55. The van der Waals surface area contributed by atoms with Crippen molar-refractivity contribution in [3.8, 4) is 0 Å². The number of Topliss-reactive ketones (excluding diaryl/α,β-unsaturated/α-hetero) is 2. The fraction of sp³-hybridized carbons (Fsp3) is 0.833. The van der Waals surface area contributed by atoms with Crippen molar-refractivity contribution in [2.45, 2.75) is 158 Å². The number of carbonyl (C=O) groups is 6. The highest BCUT2D eigenvalue weighted by Gasteiger charge is 2.34. The van der Waals surface area contributed by atoms with Gasteiger partial charge in [0.2, 0.25) is 17.6 Å². The molecule has 2 aliphatic heterocycles. The zero-order valence-corrected chi connectivity index (χ0v) is 32.2.